The fourth-order valence-corrected chi connectivity index (χ4v) is 3.83. The Morgan fingerprint density at radius 2 is 1.68 bits per heavy atom. The molecule has 2 aromatic rings. The third-order valence-corrected chi connectivity index (χ3v) is 5.41. The molecule has 4 heteroatoms. The van der Waals surface area contributed by atoms with E-state index in [1.54, 1.807) is 24.2 Å². The Morgan fingerprint density at radius 3 is 2.36 bits per heavy atom. The molecule has 1 aliphatic carbocycles. The molecular formula is C24H23NO3. The van der Waals surface area contributed by atoms with Crippen molar-refractivity contribution in [3.8, 4) is 0 Å². The number of hydrogen-bond acceptors (Lipinski definition) is 3. The summed E-state index contributed by atoms with van der Waals surface area (Å²) in [4.78, 5) is 26.8. The van der Waals surface area contributed by atoms with E-state index in [4.69, 9.17) is 4.74 Å². The zero-order chi connectivity index (χ0) is 19.5. The average molecular weight is 373 g/mol. The molecule has 4 rings (SSSR count). The highest BCUT2D eigenvalue weighted by molar-refractivity contribution is 6.08. The molecule has 1 aliphatic heterocycles. The van der Waals surface area contributed by atoms with Crippen LogP contribution in [-0.4, -0.2) is 17.9 Å². The Kier molecular flexibility index (Phi) is 5.11. The van der Waals surface area contributed by atoms with Crippen LogP contribution in [-0.2, 0) is 14.3 Å². The van der Waals surface area contributed by atoms with Gasteiger partial charge in [-0.25, -0.2) is 0 Å². The second-order valence-electron chi connectivity index (χ2n) is 7.30. The van der Waals surface area contributed by atoms with Gasteiger partial charge in [0.15, 0.2) is 12.0 Å². The maximum absolute atomic E-state index is 12.6. The number of ketones is 1. The standard InChI is InChI=1S/C24H23NO3/c1-17-14-23(25(24(17)27)21-10-6-3-7-11-21)28-16-20-13-12-19(15-22(20)26)18-8-4-2-5-9-18/h2-11,14,16,19,23H,12-13,15H2,1H3/b20-16+. The number of para-hydroxylation sites is 1. The summed E-state index contributed by atoms with van der Waals surface area (Å²) < 4.78 is 5.91. The topological polar surface area (TPSA) is 46.6 Å². The monoisotopic (exact) mass is 373 g/mol. The molecule has 0 bridgehead atoms. The van der Waals surface area contributed by atoms with Crippen LogP contribution in [0.1, 0.15) is 37.7 Å². The van der Waals surface area contributed by atoms with Gasteiger partial charge in [0, 0.05) is 23.3 Å². The van der Waals surface area contributed by atoms with E-state index in [2.05, 4.69) is 12.1 Å². The van der Waals surface area contributed by atoms with Gasteiger partial charge in [0.25, 0.3) is 5.91 Å². The highest BCUT2D eigenvalue weighted by Crippen LogP contribution is 2.34. The number of hydrogen-bond donors (Lipinski definition) is 0. The lowest BCUT2D eigenvalue weighted by Crippen LogP contribution is -2.35. The molecule has 0 saturated heterocycles. The van der Waals surface area contributed by atoms with Gasteiger partial charge in [-0.15, -0.1) is 0 Å². The number of rotatable bonds is 4. The van der Waals surface area contributed by atoms with Crippen molar-refractivity contribution < 1.29 is 14.3 Å². The number of benzene rings is 2. The van der Waals surface area contributed by atoms with Crippen LogP contribution in [0.5, 0.6) is 0 Å². The maximum atomic E-state index is 12.6. The van der Waals surface area contributed by atoms with Crippen LogP contribution in [0.3, 0.4) is 0 Å². The Balaban J connectivity index is 1.46. The van der Waals surface area contributed by atoms with Crippen LogP contribution >= 0.6 is 0 Å². The molecule has 2 atom stereocenters. The quantitative estimate of drug-likeness (QED) is 0.574. The number of allylic oxidation sites excluding steroid dienone is 1. The van der Waals surface area contributed by atoms with E-state index in [9.17, 15) is 9.59 Å². The molecule has 0 radical (unpaired) electrons. The minimum absolute atomic E-state index is 0.0753. The maximum Gasteiger partial charge on any atom is 0.257 e. The number of carbonyl (C=O) groups is 2. The third kappa shape index (κ3) is 3.63. The van der Waals surface area contributed by atoms with Gasteiger partial charge < -0.3 is 4.74 Å². The van der Waals surface area contributed by atoms with Gasteiger partial charge in [-0.1, -0.05) is 48.5 Å². The Hall–Kier alpha value is -3.14. The summed E-state index contributed by atoms with van der Waals surface area (Å²) in [5.41, 5.74) is 3.34. The van der Waals surface area contributed by atoms with Crippen molar-refractivity contribution in [1.29, 1.82) is 0 Å². The molecule has 4 nitrogen and oxygen atoms in total. The summed E-state index contributed by atoms with van der Waals surface area (Å²) in [6.45, 7) is 1.78. The number of ether oxygens (including phenoxy) is 1. The average Bonchev–Trinajstić information content (AvgIpc) is 3.02. The molecule has 2 aromatic carbocycles. The van der Waals surface area contributed by atoms with Gasteiger partial charge >= 0.3 is 0 Å². The molecule has 2 unspecified atom stereocenters. The predicted molar refractivity (Wildman–Crippen MR) is 109 cm³/mol. The Bertz CT molecular complexity index is 931. The first-order valence-electron chi connectivity index (χ1n) is 9.63. The fraction of sp³-hybridized carbons (Fsp3) is 0.250. The number of anilines is 1. The Labute approximate surface area is 165 Å². The van der Waals surface area contributed by atoms with Crippen molar-refractivity contribution in [1.82, 2.24) is 0 Å². The van der Waals surface area contributed by atoms with Crippen molar-refractivity contribution in [2.24, 2.45) is 0 Å². The lowest BCUT2D eigenvalue weighted by molar-refractivity contribution is -0.117. The number of Topliss-reactive ketones (excluding diaryl/α,β-unsaturated/α-hetero) is 1. The lowest BCUT2D eigenvalue weighted by atomic mass is 9.81. The van der Waals surface area contributed by atoms with E-state index in [1.165, 1.54) is 5.56 Å². The zero-order valence-electron chi connectivity index (χ0n) is 15.9. The van der Waals surface area contributed by atoms with E-state index in [-0.39, 0.29) is 17.6 Å². The van der Waals surface area contributed by atoms with E-state index in [0.717, 1.165) is 12.1 Å². The molecule has 2 aliphatic rings. The van der Waals surface area contributed by atoms with Gasteiger partial charge in [0.1, 0.15) is 0 Å². The zero-order valence-corrected chi connectivity index (χ0v) is 15.9. The van der Waals surface area contributed by atoms with E-state index >= 15 is 0 Å². The molecule has 1 heterocycles. The van der Waals surface area contributed by atoms with Crippen LogP contribution in [0.4, 0.5) is 5.69 Å². The van der Waals surface area contributed by atoms with Crippen molar-refractivity contribution in [2.45, 2.75) is 38.3 Å². The lowest BCUT2D eigenvalue weighted by Gasteiger charge is -2.26. The van der Waals surface area contributed by atoms with E-state index < -0.39 is 6.23 Å². The van der Waals surface area contributed by atoms with Crippen LogP contribution in [0.25, 0.3) is 0 Å². The van der Waals surface area contributed by atoms with Crippen LogP contribution in [0.15, 0.2) is 84.1 Å². The summed E-state index contributed by atoms with van der Waals surface area (Å²) in [5.74, 6) is 0.312. The van der Waals surface area contributed by atoms with Crippen LogP contribution in [0, 0.1) is 0 Å². The molecule has 0 spiro atoms. The molecule has 28 heavy (non-hydrogen) atoms. The molecule has 0 aromatic heterocycles. The predicted octanol–water partition coefficient (Wildman–Crippen LogP) is 4.74. The van der Waals surface area contributed by atoms with E-state index in [1.807, 2.05) is 48.5 Å². The summed E-state index contributed by atoms with van der Waals surface area (Å²) in [5, 5.41) is 0. The third-order valence-electron chi connectivity index (χ3n) is 5.41. The van der Waals surface area contributed by atoms with Crippen molar-refractivity contribution in [3.05, 3.63) is 89.7 Å². The first kappa shape index (κ1) is 18.2. The molecule has 1 amide bonds. The normalized spacial score (nSPS) is 23.8. The van der Waals surface area contributed by atoms with Crippen LogP contribution < -0.4 is 4.90 Å². The number of carbonyl (C=O) groups excluding carboxylic acids is 2. The highest BCUT2D eigenvalue weighted by Gasteiger charge is 2.33. The summed E-state index contributed by atoms with van der Waals surface area (Å²) in [7, 11) is 0. The summed E-state index contributed by atoms with van der Waals surface area (Å²) >= 11 is 0. The Morgan fingerprint density at radius 1 is 1.00 bits per heavy atom. The second kappa shape index (κ2) is 7.85. The minimum Gasteiger partial charge on any atom is -0.474 e. The van der Waals surface area contributed by atoms with Gasteiger partial charge in [0.05, 0.1) is 6.26 Å². The summed E-state index contributed by atoms with van der Waals surface area (Å²) in [6, 6.07) is 19.6. The SMILES string of the molecule is CC1=CC(O/C=C2\CCC(c3ccccc3)CC2=O)N(c2ccccc2)C1=O. The largest absolute Gasteiger partial charge is 0.474 e. The fourth-order valence-electron chi connectivity index (χ4n) is 3.83. The first-order chi connectivity index (χ1) is 13.6. The summed E-state index contributed by atoms with van der Waals surface area (Å²) in [6.07, 6.45) is 4.94. The smallest absolute Gasteiger partial charge is 0.257 e. The van der Waals surface area contributed by atoms with Gasteiger partial charge in [-0.2, -0.15) is 0 Å². The van der Waals surface area contributed by atoms with Gasteiger partial charge in [-0.05, 0) is 49.5 Å². The van der Waals surface area contributed by atoms with Crippen molar-refractivity contribution in [2.75, 3.05) is 4.90 Å². The molecule has 142 valence electrons. The molecule has 0 N–H and O–H groups in total. The second-order valence-corrected chi connectivity index (χ2v) is 7.30. The van der Waals surface area contributed by atoms with Crippen molar-refractivity contribution >= 4 is 17.4 Å². The van der Waals surface area contributed by atoms with E-state index in [0.29, 0.717) is 24.0 Å². The number of nitrogens with zero attached hydrogens (tertiary/aromatic N) is 1. The van der Waals surface area contributed by atoms with Crippen molar-refractivity contribution in [3.63, 3.8) is 0 Å². The first-order valence-corrected chi connectivity index (χ1v) is 9.63. The molecular weight excluding hydrogens is 350 g/mol. The van der Waals surface area contributed by atoms with Crippen LogP contribution in [0.2, 0.25) is 0 Å². The van der Waals surface area contributed by atoms with Gasteiger partial charge in [0.2, 0.25) is 0 Å². The highest BCUT2D eigenvalue weighted by atomic mass is 16.5. The molecule has 1 saturated carbocycles. The van der Waals surface area contributed by atoms with Gasteiger partial charge in [-0.3, -0.25) is 14.5 Å². The number of amides is 1. The molecule has 1 fully saturated rings. The minimum atomic E-state index is -0.526.